The number of carbonyl (C=O) groups is 1. The van der Waals surface area contributed by atoms with Gasteiger partial charge in [0.2, 0.25) is 0 Å². The Kier molecular flexibility index (Phi) is 6.63. The number of nitrogens with one attached hydrogen (secondary N) is 1. The summed E-state index contributed by atoms with van der Waals surface area (Å²) >= 11 is 13.9. The molecular formula is C23H25Cl2N3OS. The maximum Gasteiger partial charge on any atom is 0.264 e. The van der Waals surface area contributed by atoms with Crippen molar-refractivity contribution in [3.05, 3.63) is 63.0 Å². The Morgan fingerprint density at radius 3 is 2.63 bits per heavy atom. The molecule has 0 aliphatic carbocycles. The van der Waals surface area contributed by atoms with Gasteiger partial charge in [-0.1, -0.05) is 41.4 Å². The molecule has 7 heteroatoms. The lowest BCUT2D eigenvalue weighted by Gasteiger charge is -2.40. The molecule has 30 heavy (non-hydrogen) atoms. The first-order valence-corrected chi connectivity index (χ1v) is 11.9. The topological polar surface area (TPSA) is 35.6 Å². The average molecular weight is 462 g/mol. The van der Waals surface area contributed by atoms with Gasteiger partial charge in [0.15, 0.2) is 0 Å². The molecule has 4 rings (SSSR count). The molecule has 158 valence electrons. The highest BCUT2D eigenvalue weighted by atomic mass is 35.5. The largest absolute Gasteiger partial charge is 0.366 e. The molecule has 2 aliphatic rings. The number of hydrogen-bond acceptors (Lipinski definition) is 4. The molecular weight excluding hydrogens is 437 g/mol. The first kappa shape index (κ1) is 21.6. The molecule has 2 heterocycles. The van der Waals surface area contributed by atoms with Gasteiger partial charge < -0.3 is 15.1 Å². The third-order valence-electron chi connectivity index (χ3n) is 5.48. The SMILES string of the molecule is CC1CN(c2ccccc2/C=C2\SCCN(c3cc(Cl)cc(Cl)c3)C2=O)C(C)CN1. The molecule has 0 bridgehead atoms. The quantitative estimate of drug-likeness (QED) is 0.628. The molecule has 0 radical (unpaired) electrons. The molecule has 2 aliphatic heterocycles. The minimum absolute atomic E-state index is 0.0129. The predicted molar refractivity (Wildman–Crippen MR) is 130 cm³/mol. The average Bonchev–Trinajstić information content (AvgIpc) is 2.71. The van der Waals surface area contributed by atoms with E-state index in [1.54, 1.807) is 34.9 Å². The lowest BCUT2D eigenvalue weighted by Crippen LogP contribution is -2.54. The first-order valence-electron chi connectivity index (χ1n) is 10.1. The van der Waals surface area contributed by atoms with Gasteiger partial charge in [-0.25, -0.2) is 0 Å². The van der Waals surface area contributed by atoms with E-state index in [4.69, 9.17) is 23.2 Å². The Balaban J connectivity index is 1.66. The zero-order valence-electron chi connectivity index (χ0n) is 17.1. The Morgan fingerprint density at radius 2 is 1.87 bits per heavy atom. The van der Waals surface area contributed by atoms with Crippen LogP contribution in [0.2, 0.25) is 10.0 Å². The van der Waals surface area contributed by atoms with E-state index in [0.29, 0.717) is 28.7 Å². The number of halogens is 2. The summed E-state index contributed by atoms with van der Waals surface area (Å²) in [5.41, 5.74) is 2.98. The molecule has 2 saturated heterocycles. The van der Waals surface area contributed by atoms with Crippen molar-refractivity contribution in [3.63, 3.8) is 0 Å². The van der Waals surface area contributed by atoms with Crippen LogP contribution in [0.3, 0.4) is 0 Å². The number of benzene rings is 2. The van der Waals surface area contributed by atoms with Crippen LogP contribution in [-0.4, -0.2) is 43.4 Å². The van der Waals surface area contributed by atoms with Crippen molar-refractivity contribution in [1.82, 2.24) is 5.32 Å². The first-order chi connectivity index (χ1) is 14.4. The van der Waals surface area contributed by atoms with Crippen molar-refractivity contribution in [3.8, 4) is 0 Å². The number of carbonyl (C=O) groups excluding carboxylic acids is 1. The van der Waals surface area contributed by atoms with Crippen LogP contribution in [0, 0.1) is 0 Å². The molecule has 0 aromatic heterocycles. The van der Waals surface area contributed by atoms with E-state index < -0.39 is 0 Å². The number of anilines is 2. The Morgan fingerprint density at radius 1 is 1.13 bits per heavy atom. The zero-order valence-corrected chi connectivity index (χ0v) is 19.4. The van der Waals surface area contributed by atoms with Gasteiger partial charge in [0.25, 0.3) is 5.91 Å². The minimum atomic E-state index is -0.0129. The molecule has 1 N–H and O–H groups in total. The van der Waals surface area contributed by atoms with Crippen molar-refractivity contribution in [2.45, 2.75) is 25.9 Å². The van der Waals surface area contributed by atoms with Crippen LogP contribution in [0.1, 0.15) is 19.4 Å². The number of hydrogen-bond donors (Lipinski definition) is 1. The number of rotatable bonds is 3. The Bertz CT molecular complexity index is 960. The second-order valence-corrected chi connectivity index (χ2v) is 9.82. The number of thioether (sulfide) groups is 1. The summed E-state index contributed by atoms with van der Waals surface area (Å²) in [5.74, 6) is 0.811. The van der Waals surface area contributed by atoms with Crippen LogP contribution in [0.15, 0.2) is 47.4 Å². The molecule has 1 amide bonds. The fraction of sp³-hybridized carbons (Fsp3) is 0.348. The van der Waals surface area contributed by atoms with Crippen molar-refractivity contribution >= 4 is 58.3 Å². The van der Waals surface area contributed by atoms with Gasteiger partial charge in [-0.15, -0.1) is 11.8 Å². The molecule has 2 atom stereocenters. The van der Waals surface area contributed by atoms with Crippen molar-refractivity contribution in [1.29, 1.82) is 0 Å². The molecule has 4 nitrogen and oxygen atoms in total. The number of piperazine rings is 1. The van der Waals surface area contributed by atoms with Gasteiger partial charge in [-0.05, 0) is 49.8 Å². The smallest absolute Gasteiger partial charge is 0.264 e. The zero-order chi connectivity index (χ0) is 21.3. The number of nitrogens with zero attached hydrogens (tertiary/aromatic N) is 2. The fourth-order valence-corrected chi connectivity index (χ4v) is 5.41. The number of para-hydroxylation sites is 1. The predicted octanol–water partition coefficient (Wildman–Crippen LogP) is 5.30. The highest BCUT2D eigenvalue weighted by Gasteiger charge is 2.27. The minimum Gasteiger partial charge on any atom is -0.366 e. The molecule has 0 saturated carbocycles. The molecule has 2 aromatic carbocycles. The van der Waals surface area contributed by atoms with Crippen molar-refractivity contribution in [2.75, 3.05) is 35.2 Å². The van der Waals surface area contributed by atoms with E-state index >= 15 is 0 Å². The Hall–Kier alpha value is -1.66. The van der Waals surface area contributed by atoms with Crippen molar-refractivity contribution in [2.24, 2.45) is 0 Å². The van der Waals surface area contributed by atoms with Gasteiger partial charge in [-0.3, -0.25) is 4.79 Å². The fourth-order valence-electron chi connectivity index (χ4n) is 3.96. The summed E-state index contributed by atoms with van der Waals surface area (Å²) in [7, 11) is 0. The van der Waals surface area contributed by atoms with E-state index in [0.717, 1.165) is 35.0 Å². The molecule has 2 unspecified atom stereocenters. The van der Waals surface area contributed by atoms with E-state index in [-0.39, 0.29) is 5.91 Å². The van der Waals surface area contributed by atoms with E-state index in [1.165, 1.54) is 5.69 Å². The number of amides is 1. The summed E-state index contributed by atoms with van der Waals surface area (Å²) < 4.78 is 0. The molecule has 0 spiro atoms. The summed E-state index contributed by atoms with van der Waals surface area (Å²) in [6.07, 6.45) is 2.03. The van der Waals surface area contributed by atoms with Gasteiger partial charge in [0.05, 0.1) is 4.91 Å². The highest BCUT2D eigenvalue weighted by Crippen LogP contribution is 2.34. The second kappa shape index (κ2) is 9.23. The van der Waals surface area contributed by atoms with Crippen LogP contribution < -0.4 is 15.1 Å². The maximum absolute atomic E-state index is 13.3. The van der Waals surface area contributed by atoms with Gasteiger partial charge in [0, 0.05) is 58.9 Å². The summed E-state index contributed by atoms with van der Waals surface area (Å²) in [6.45, 7) is 6.95. The van der Waals surface area contributed by atoms with Crippen molar-refractivity contribution < 1.29 is 4.79 Å². The van der Waals surface area contributed by atoms with E-state index in [2.05, 4.69) is 42.3 Å². The maximum atomic E-state index is 13.3. The third kappa shape index (κ3) is 4.65. The third-order valence-corrected chi connectivity index (χ3v) is 6.91. The molecule has 2 fully saturated rings. The summed E-state index contributed by atoms with van der Waals surface area (Å²) in [4.78, 5) is 18.2. The monoisotopic (exact) mass is 461 g/mol. The van der Waals surface area contributed by atoms with Gasteiger partial charge in [-0.2, -0.15) is 0 Å². The Labute approximate surface area is 192 Å². The van der Waals surface area contributed by atoms with Crippen LogP contribution >= 0.6 is 35.0 Å². The highest BCUT2D eigenvalue weighted by molar-refractivity contribution is 8.04. The van der Waals surface area contributed by atoms with Crippen LogP contribution in [0.5, 0.6) is 0 Å². The molecule has 2 aromatic rings. The van der Waals surface area contributed by atoms with E-state index in [9.17, 15) is 4.79 Å². The lowest BCUT2D eigenvalue weighted by molar-refractivity contribution is -0.114. The van der Waals surface area contributed by atoms with Crippen LogP contribution in [0.25, 0.3) is 6.08 Å². The normalized spacial score (nSPS) is 23.9. The van der Waals surface area contributed by atoms with Crippen LogP contribution in [-0.2, 0) is 4.79 Å². The van der Waals surface area contributed by atoms with Crippen LogP contribution in [0.4, 0.5) is 11.4 Å². The standard InChI is InChI=1S/C23H25Cl2N3OS/c1-15-14-28(16(2)13-26-15)21-6-4-3-5-17(21)9-22-23(29)27(7-8-30-22)20-11-18(24)10-19(25)12-20/h3-6,9-12,15-16,26H,7-8,13-14H2,1-2H3/b22-9-. The summed E-state index contributed by atoms with van der Waals surface area (Å²) in [6, 6.07) is 14.4. The van der Waals surface area contributed by atoms with E-state index in [1.807, 2.05) is 12.1 Å². The van der Waals surface area contributed by atoms with Gasteiger partial charge in [0.1, 0.15) is 0 Å². The lowest BCUT2D eigenvalue weighted by atomic mass is 10.1. The van der Waals surface area contributed by atoms with Gasteiger partial charge >= 0.3 is 0 Å². The second-order valence-electron chi connectivity index (χ2n) is 7.81. The summed E-state index contributed by atoms with van der Waals surface area (Å²) in [5, 5.41) is 4.59.